The summed E-state index contributed by atoms with van der Waals surface area (Å²) in [5.74, 6) is 0.834. The van der Waals surface area contributed by atoms with Crippen LogP contribution < -0.4 is 14.8 Å². The minimum atomic E-state index is -0.260. The van der Waals surface area contributed by atoms with Crippen molar-refractivity contribution in [2.75, 3.05) is 46.6 Å². The van der Waals surface area contributed by atoms with Crippen LogP contribution in [0.2, 0.25) is 15.1 Å². The molecule has 0 spiro atoms. The Balaban J connectivity index is 1.61. The number of ether oxygens (including phenoxy) is 3. The molecule has 162 valence electrons. The zero-order valence-corrected chi connectivity index (χ0v) is 18.8. The predicted molar refractivity (Wildman–Crippen MR) is 118 cm³/mol. The van der Waals surface area contributed by atoms with Crippen molar-refractivity contribution in [3.05, 3.63) is 57.0 Å². The summed E-state index contributed by atoms with van der Waals surface area (Å²) in [6.07, 6.45) is 0. The molecule has 1 atom stereocenters. The van der Waals surface area contributed by atoms with Crippen LogP contribution in [0.25, 0.3) is 0 Å². The molecule has 3 rings (SSSR count). The minimum absolute atomic E-state index is 0.0114. The van der Waals surface area contributed by atoms with Gasteiger partial charge in [-0.2, -0.15) is 0 Å². The standard InChI is InChI=1S/C21H23Cl3N2O4/c1-28-15-4-2-14(3-5-15)19(26-6-8-29-9-7-26)12-25-21(27)13-30-20-11-17(23)16(22)10-18(20)24/h2-5,10-11,19H,6-9,12-13H2,1H3,(H,25,27). The van der Waals surface area contributed by atoms with E-state index in [2.05, 4.69) is 10.2 Å². The molecule has 2 aromatic carbocycles. The topological polar surface area (TPSA) is 60.0 Å². The minimum Gasteiger partial charge on any atom is -0.497 e. The number of halogens is 3. The lowest BCUT2D eigenvalue weighted by Crippen LogP contribution is -2.44. The van der Waals surface area contributed by atoms with Crippen LogP contribution in [0.5, 0.6) is 11.5 Å². The Labute approximate surface area is 190 Å². The van der Waals surface area contributed by atoms with Crippen molar-refractivity contribution in [3.63, 3.8) is 0 Å². The van der Waals surface area contributed by atoms with Crippen LogP contribution in [-0.2, 0) is 9.53 Å². The molecular weight excluding hydrogens is 451 g/mol. The molecule has 1 aliphatic heterocycles. The molecular formula is C21H23Cl3N2O4. The normalized spacial score (nSPS) is 15.5. The summed E-state index contributed by atoms with van der Waals surface area (Å²) in [5, 5.41) is 3.87. The van der Waals surface area contributed by atoms with Crippen LogP contribution in [0, 0.1) is 0 Å². The van der Waals surface area contributed by atoms with Gasteiger partial charge in [0.25, 0.3) is 5.91 Å². The van der Waals surface area contributed by atoms with Crippen LogP contribution in [0.1, 0.15) is 11.6 Å². The number of methoxy groups -OCH3 is 1. The Morgan fingerprint density at radius 2 is 1.77 bits per heavy atom. The summed E-state index contributed by atoms with van der Waals surface area (Å²) in [6, 6.07) is 10.8. The van der Waals surface area contributed by atoms with E-state index in [1.807, 2.05) is 24.3 Å². The molecule has 1 unspecified atom stereocenters. The molecule has 1 heterocycles. The van der Waals surface area contributed by atoms with Gasteiger partial charge in [0, 0.05) is 25.7 Å². The van der Waals surface area contributed by atoms with Crippen molar-refractivity contribution in [2.24, 2.45) is 0 Å². The van der Waals surface area contributed by atoms with E-state index in [9.17, 15) is 4.79 Å². The Morgan fingerprint density at radius 3 is 2.43 bits per heavy atom. The van der Waals surface area contributed by atoms with Gasteiger partial charge in [-0.3, -0.25) is 9.69 Å². The molecule has 0 aliphatic carbocycles. The third-order valence-corrected chi connectivity index (χ3v) is 5.83. The first kappa shape index (κ1) is 23.0. The highest BCUT2D eigenvalue weighted by Gasteiger charge is 2.23. The molecule has 30 heavy (non-hydrogen) atoms. The lowest BCUT2D eigenvalue weighted by molar-refractivity contribution is -0.123. The van der Waals surface area contributed by atoms with E-state index in [-0.39, 0.29) is 18.6 Å². The average Bonchev–Trinajstić information content (AvgIpc) is 2.76. The maximum absolute atomic E-state index is 12.4. The van der Waals surface area contributed by atoms with Gasteiger partial charge in [0.05, 0.1) is 41.4 Å². The van der Waals surface area contributed by atoms with Gasteiger partial charge in [-0.15, -0.1) is 0 Å². The fourth-order valence-electron chi connectivity index (χ4n) is 3.19. The first-order chi connectivity index (χ1) is 14.5. The zero-order chi connectivity index (χ0) is 21.5. The maximum atomic E-state index is 12.4. The third kappa shape index (κ3) is 6.15. The molecule has 1 fully saturated rings. The Hall–Kier alpha value is -1.70. The molecule has 1 N–H and O–H groups in total. The van der Waals surface area contributed by atoms with E-state index >= 15 is 0 Å². The molecule has 1 saturated heterocycles. The van der Waals surface area contributed by atoms with Crippen molar-refractivity contribution in [3.8, 4) is 11.5 Å². The fourth-order valence-corrected chi connectivity index (χ4v) is 3.78. The Morgan fingerprint density at radius 1 is 1.10 bits per heavy atom. The molecule has 0 aromatic heterocycles. The molecule has 1 amide bonds. The second kappa shape index (κ2) is 11.1. The number of rotatable bonds is 8. The monoisotopic (exact) mass is 472 g/mol. The van der Waals surface area contributed by atoms with Crippen molar-refractivity contribution in [2.45, 2.75) is 6.04 Å². The van der Waals surface area contributed by atoms with Crippen molar-refractivity contribution in [1.29, 1.82) is 0 Å². The number of nitrogens with one attached hydrogen (secondary N) is 1. The van der Waals surface area contributed by atoms with Gasteiger partial charge in [-0.25, -0.2) is 0 Å². The van der Waals surface area contributed by atoms with Gasteiger partial charge in [0.15, 0.2) is 6.61 Å². The highest BCUT2D eigenvalue weighted by atomic mass is 35.5. The number of carbonyl (C=O) groups is 1. The van der Waals surface area contributed by atoms with Crippen molar-refractivity contribution >= 4 is 40.7 Å². The number of morpholine rings is 1. The van der Waals surface area contributed by atoms with Crippen LogP contribution in [0.4, 0.5) is 0 Å². The van der Waals surface area contributed by atoms with Gasteiger partial charge in [0.2, 0.25) is 0 Å². The van der Waals surface area contributed by atoms with E-state index in [4.69, 9.17) is 49.0 Å². The van der Waals surface area contributed by atoms with Crippen LogP contribution in [0.15, 0.2) is 36.4 Å². The highest BCUT2D eigenvalue weighted by Crippen LogP contribution is 2.33. The number of carbonyl (C=O) groups excluding carboxylic acids is 1. The number of hydrogen-bond donors (Lipinski definition) is 1. The average molecular weight is 474 g/mol. The Bertz CT molecular complexity index is 858. The van der Waals surface area contributed by atoms with E-state index in [1.165, 1.54) is 12.1 Å². The highest BCUT2D eigenvalue weighted by molar-refractivity contribution is 6.43. The summed E-state index contributed by atoms with van der Waals surface area (Å²) in [4.78, 5) is 14.7. The van der Waals surface area contributed by atoms with Gasteiger partial charge >= 0.3 is 0 Å². The van der Waals surface area contributed by atoms with Gasteiger partial charge < -0.3 is 19.5 Å². The number of benzene rings is 2. The van der Waals surface area contributed by atoms with Crippen LogP contribution in [0.3, 0.4) is 0 Å². The first-order valence-corrected chi connectivity index (χ1v) is 10.6. The van der Waals surface area contributed by atoms with Crippen LogP contribution >= 0.6 is 34.8 Å². The number of nitrogens with zero attached hydrogens (tertiary/aromatic N) is 1. The third-order valence-electron chi connectivity index (χ3n) is 4.81. The van der Waals surface area contributed by atoms with Gasteiger partial charge in [0.1, 0.15) is 11.5 Å². The Kier molecular flexibility index (Phi) is 8.48. The van der Waals surface area contributed by atoms with E-state index in [0.717, 1.165) is 24.4 Å². The molecule has 6 nitrogen and oxygen atoms in total. The summed E-state index contributed by atoms with van der Waals surface area (Å²) in [6.45, 7) is 3.17. The smallest absolute Gasteiger partial charge is 0.258 e. The molecule has 0 radical (unpaired) electrons. The van der Waals surface area contributed by atoms with Crippen molar-refractivity contribution < 1.29 is 19.0 Å². The molecule has 2 aromatic rings. The first-order valence-electron chi connectivity index (χ1n) is 9.47. The lowest BCUT2D eigenvalue weighted by atomic mass is 10.0. The second-order valence-corrected chi connectivity index (χ2v) is 7.95. The quantitative estimate of drug-likeness (QED) is 0.582. The van der Waals surface area contributed by atoms with Gasteiger partial charge in [-0.05, 0) is 23.8 Å². The van der Waals surface area contributed by atoms with E-state index < -0.39 is 0 Å². The second-order valence-electron chi connectivity index (χ2n) is 6.73. The summed E-state index contributed by atoms with van der Waals surface area (Å²) < 4.78 is 16.2. The fraction of sp³-hybridized carbons (Fsp3) is 0.381. The summed E-state index contributed by atoms with van der Waals surface area (Å²) in [5.41, 5.74) is 1.09. The van der Waals surface area contributed by atoms with E-state index in [1.54, 1.807) is 7.11 Å². The molecule has 1 aliphatic rings. The molecule has 0 saturated carbocycles. The lowest BCUT2D eigenvalue weighted by Gasteiger charge is -2.35. The van der Waals surface area contributed by atoms with Gasteiger partial charge in [-0.1, -0.05) is 46.9 Å². The SMILES string of the molecule is COc1ccc(C(CNC(=O)COc2cc(Cl)c(Cl)cc2Cl)N2CCOCC2)cc1. The molecule has 9 heteroatoms. The van der Waals surface area contributed by atoms with E-state index in [0.29, 0.717) is 40.6 Å². The zero-order valence-electron chi connectivity index (χ0n) is 16.5. The predicted octanol–water partition coefficient (Wildman–Crippen LogP) is 4.22. The number of hydrogen-bond acceptors (Lipinski definition) is 5. The maximum Gasteiger partial charge on any atom is 0.258 e. The van der Waals surface area contributed by atoms with Crippen molar-refractivity contribution in [1.82, 2.24) is 10.2 Å². The molecule has 0 bridgehead atoms. The largest absolute Gasteiger partial charge is 0.497 e. The van der Waals surface area contributed by atoms with Crippen LogP contribution in [-0.4, -0.2) is 57.4 Å². The number of amides is 1. The summed E-state index contributed by atoms with van der Waals surface area (Å²) >= 11 is 18.0. The summed E-state index contributed by atoms with van der Waals surface area (Å²) in [7, 11) is 1.63.